The number of nitrogens with one attached hydrogen (secondary N) is 2. The van der Waals surface area contributed by atoms with Crippen LogP contribution in [0.2, 0.25) is 0 Å². The number of fused-ring (bicyclic) bond motifs is 1. The van der Waals surface area contributed by atoms with Crippen LogP contribution in [0.1, 0.15) is 30.9 Å². The molecule has 1 aliphatic carbocycles. The van der Waals surface area contributed by atoms with E-state index in [0.717, 1.165) is 12.5 Å². The monoisotopic (exact) mass is 373 g/mol. The Kier molecular flexibility index (Phi) is 6.10. The van der Waals surface area contributed by atoms with E-state index in [4.69, 9.17) is 0 Å². The lowest BCUT2D eigenvalue weighted by atomic mass is 9.71. The molecule has 106 valence electrons. The van der Waals surface area contributed by atoms with Crippen molar-refractivity contribution in [2.24, 2.45) is 4.99 Å². The molecule has 1 unspecified atom stereocenters. The lowest BCUT2D eigenvalue weighted by Crippen LogP contribution is -2.44. The summed E-state index contributed by atoms with van der Waals surface area (Å²) in [6, 6.07) is 8.83. The number of hydrogen-bond acceptors (Lipinski definition) is 1. The Hall–Kier alpha value is -0.780. The van der Waals surface area contributed by atoms with Crippen molar-refractivity contribution in [3.8, 4) is 0 Å². The van der Waals surface area contributed by atoms with E-state index in [1.807, 2.05) is 7.05 Å². The Morgan fingerprint density at radius 3 is 2.79 bits per heavy atom. The molecule has 0 fully saturated rings. The van der Waals surface area contributed by atoms with Gasteiger partial charge in [-0.2, -0.15) is 0 Å². The van der Waals surface area contributed by atoms with Crippen LogP contribution in [-0.4, -0.2) is 26.6 Å². The number of halogens is 1. The second-order valence-electron chi connectivity index (χ2n) is 5.25. The third-order valence-electron chi connectivity index (χ3n) is 3.95. The standard InChI is InChI=1S/C15H23N3.HI/c1-15(11-18-14(16-2)17-3)10-6-8-12-7-4-5-9-13(12)15;/h4-5,7,9H,6,8,10-11H2,1-3H3,(H2,16,17,18);1H. The fraction of sp³-hybridized carbons (Fsp3) is 0.533. The van der Waals surface area contributed by atoms with Crippen molar-refractivity contribution in [2.45, 2.75) is 31.6 Å². The first kappa shape index (κ1) is 16.3. The van der Waals surface area contributed by atoms with Crippen LogP contribution in [0, 0.1) is 0 Å². The summed E-state index contributed by atoms with van der Waals surface area (Å²) in [7, 11) is 3.70. The first-order valence-corrected chi connectivity index (χ1v) is 6.66. The molecule has 19 heavy (non-hydrogen) atoms. The Balaban J connectivity index is 0.00000180. The van der Waals surface area contributed by atoms with Gasteiger partial charge in [0.15, 0.2) is 5.96 Å². The van der Waals surface area contributed by atoms with E-state index in [1.165, 1.54) is 30.4 Å². The molecule has 0 saturated carbocycles. The van der Waals surface area contributed by atoms with Gasteiger partial charge in [0.05, 0.1) is 0 Å². The summed E-state index contributed by atoms with van der Waals surface area (Å²) in [5.41, 5.74) is 3.21. The third kappa shape index (κ3) is 3.61. The van der Waals surface area contributed by atoms with Gasteiger partial charge < -0.3 is 10.6 Å². The molecule has 0 amide bonds. The van der Waals surface area contributed by atoms with Crippen LogP contribution >= 0.6 is 24.0 Å². The van der Waals surface area contributed by atoms with E-state index < -0.39 is 0 Å². The van der Waals surface area contributed by atoms with Crippen molar-refractivity contribution in [3.63, 3.8) is 0 Å². The van der Waals surface area contributed by atoms with E-state index in [-0.39, 0.29) is 29.4 Å². The van der Waals surface area contributed by atoms with E-state index in [2.05, 4.69) is 46.8 Å². The van der Waals surface area contributed by atoms with E-state index in [9.17, 15) is 0 Å². The average Bonchev–Trinajstić information content (AvgIpc) is 2.40. The molecular formula is C15H24IN3. The molecule has 3 nitrogen and oxygen atoms in total. The van der Waals surface area contributed by atoms with Crippen molar-refractivity contribution in [2.75, 3.05) is 20.6 Å². The number of rotatable bonds is 2. The normalized spacial score (nSPS) is 22.2. The summed E-state index contributed by atoms with van der Waals surface area (Å²) in [4.78, 5) is 4.17. The van der Waals surface area contributed by atoms with Crippen LogP contribution in [0.3, 0.4) is 0 Å². The number of aliphatic imine (C=N–C) groups is 1. The summed E-state index contributed by atoms with van der Waals surface area (Å²) in [5, 5.41) is 6.48. The minimum Gasteiger partial charge on any atom is -0.359 e. The van der Waals surface area contributed by atoms with Crippen LogP contribution < -0.4 is 10.6 Å². The van der Waals surface area contributed by atoms with Crippen molar-refractivity contribution >= 4 is 29.9 Å². The van der Waals surface area contributed by atoms with E-state index >= 15 is 0 Å². The molecule has 0 bridgehead atoms. The summed E-state index contributed by atoms with van der Waals surface area (Å²) < 4.78 is 0. The average molecular weight is 373 g/mol. The molecular weight excluding hydrogens is 349 g/mol. The van der Waals surface area contributed by atoms with Crippen molar-refractivity contribution < 1.29 is 0 Å². The van der Waals surface area contributed by atoms with Gasteiger partial charge in [-0.15, -0.1) is 24.0 Å². The van der Waals surface area contributed by atoms with Gasteiger partial charge in [0.2, 0.25) is 0 Å². The molecule has 2 N–H and O–H groups in total. The van der Waals surface area contributed by atoms with Gasteiger partial charge in [-0.1, -0.05) is 31.2 Å². The fourth-order valence-electron chi connectivity index (χ4n) is 2.87. The number of nitrogens with zero attached hydrogens (tertiary/aromatic N) is 1. The van der Waals surface area contributed by atoms with Gasteiger partial charge in [-0.05, 0) is 30.4 Å². The SMILES string of the molecule is CN=C(NC)NCC1(C)CCCc2ccccc21.I. The third-order valence-corrected chi connectivity index (χ3v) is 3.95. The van der Waals surface area contributed by atoms with Gasteiger partial charge >= 0.3 is 0 Å². The maximum Gasteiger partial charge on any atom is 0.190 e. The molecule has 0 heterocycles. The number of benzene rings is 1. The molecule has 1 atom stereocenters. The summed E-state index contributed by atoms with van der Waals surface area (Å²) >= 11 is 0. The Morgan fingerprint density at radius 2 is 2.11 bits per heavy atom. The minimum absolute atomic E-state index is 0. The molecule has 0 aromatic heterocycles. The van der Waals surface area contributed by atoms with Crippen molar-refractivity contribution in [3.05, 3.63) is 35.4 Å². The quantitative estimate of drug-likeness (QED) is 0.475. The van der Waals surface area contributed by atoms with Crippen LogP contribution in [-0.2, 0) is 11.8 Å². The number of hydrogen-bond donors (Lipinski definition) is 2. The molecule has 1 aromatic carbocycles. The van der Waals surface area contributed by atoms with E-state index in [1.54, 1.807) is 7.05 Å². The molecule has 0 spiro atoms. The van der Waals surface area contributed by atoms with Gasteiger partial charge in [-0.25, -0.2) is 0 Å². The highest BCUT2D eigenvalue weighted by Gasteiger charge is 2.31. The van der Waals surface area contributed by atoms with Crippen molar-refractivity contribution in [1.29, 1.82) is 0 Å². The van der Waals surface area contributed by atoms with Gasteiger partial charge in [-0.3, -0.25) is 4.99 Å². The van der Waals surface area contributed by atoms with Crippen LogP contribution in [0.25, 0.3) is 0 Å². The predicted octanol–water partition coefficient (Wildman–Crippen LogP) is 2.69. The minimum atomic E-state index is 0. The number of guanidine groups is 1. The maximum atomic E-state index is 4.17. The second-order valence-corrected chi connectivity index (χ2v) is 5.25. The summed E-state index contributed by atoms with van der Waals surface area (Å²) in [6.07, 6.45) is 3.72. The Labute approximate surface area is 133 Å². The molecule has 2 rings (SSSR count). The smallest absolute Gasteiger partial charge is 0.190 e. The Bertz CT molecular complexity index is 445. The van der Waals surface area contributed by atoms with Crippen LogP contribution in [0.5, 0.6) is 0 Å². The van der Waals surface area contributed by atoms with Crippen molar-refractivity contribution in [1.82, 2.24) is 10.6 Å². The zero-order valence-corrected chi connectivity index (χ0v) is 14.3. The number of aryl methyl sites for hydroxylation is 1. The molecule has 0 saturated heterocycles. The largest absolute Gasteiger partial charge is 0.359 e. The van der Waals surface area contributed by atoms with Gasteiger partial charge in [0.1, 0.15) is 0 Å². The lowest BCUT2D eigenvalue weighted by Gasteiger charge is -2.36. The second kappa shape index (κ2) is 7.12. The van der Waals surface area contributed by atoms with Crippen LogP contribution in [0.15, 0.2) is 29.3 Å². The van der Waals surface area contributed by atoms with Gasteiger partial charge in [0.25, 0.3) is 0 Å². The first-order valence-electron chi connectivity index (χ1n) is 6.66. The van der Waals surface area contributed by atoms with Crippen LogP contribution in [0.4, 0.5) is 0 Å². The molecule has 0 aliphatic heterocycles. The highest BCUT2D eigenvalue weighted by molar-refractivity contribution is 14.0. The zero-order valence-electron chi connectivity index (χ0n) is 12.0. The highest BCUT2D eigenvalue weighted by Crippen LogP contribution is 2.36. The topological polar surface area (TPSA) is 36.4 Å². The fourth-order valence-corrected chi connectivity index (χ4v) is 2.87. The molecule has 4 heteroatoms. The molecule has 1 aromatic rings. The lowest BCUT2D eigenvalue weighted by molar-refractivity contribution is 0.389. The summed E-state index contributed by atoms with van der Waals surface area (Å²) in [6.45, 7) is 3.28. The van der Waals surface area contributed by atoms with E-state index in [0.29, 0.717) is 0 Å². The first-order chi connectivity index (χ1) is 8.69. The summed E-state index contributed by atoms with van der Waals surface area (Å²) in [5.74, 6) is 0.860. The molecule has 1 aliphatic rings. The predicted molar refractivity (Wildman–Crippen MR) is 92.6 cm³/mol. The zero-order chi connectivity index (χ0) is 13.0. The van der Waals surface area contributed by atoms with Gasteiger partial charge in [0, 0.05) is 26.1 Å². The Morgan fingerprint density at radius 1 is 1.37 bits per heavy atom. The maximum absolute atomic E-state index is 4.17. The molecule has 0 radical (unpaired) electrons. The highest BCUT2D eigenvalue weighted by atomic mass is 127.